The molecule has 1 amide bonds. The number of anilines is 1. The van der Waals surface area contributed by atoms with Crippen LogP contribution < -0.4 is 14.8 Å². The van der Waals surface area contributed by atoms with Gasteiger partial charge in [0.25, 0.3) is 0 Å². The smallest absolute Gasteiger partial charge is 0.237 e. The van der Waals surface area contributed by atoms with Crippen molar-refractivity contribution in [2.45, 2.75) is 61.9 Å². The summed E-state index contributed by atoms with van der Waals surface area (Å²) in [7, 11) is 0. The van der Waals surface area contributed by atoms with Crippen molar-refractivity contribution in [3.8, 4) is 11.5 Å². The molecule has 1 saturated carbocycles. The predicted octanol–water partition coefficient (Wildman–Crippen LogP) is 5.33. The zero-order valence-corrected chi connectivity index (χ0v) is 20.3. The number of benzene rings is 1. The van der Waals surface area contributed by atoms with E-state index in [1.807, 2.05) is 25.1 Å². The number of aromatic nitrogens is 3. The summed E-state index contributed by atoms with van der Waals surface area (Å²) in [4.78, 5) is 14.3. The van der Waals surface area contributed by atoms with Gasteiger partial charge in [0, 0.05) is 29.1 Å². The Labute approximate surface area is 201 Å². The average molecular weight is 485 g/mol. The molecule has 1 atom stereocenters. The number of rotatable bonds is 7. The molecule has 0 saturated heterocycles. The van der Waals surface area contributed by atoms with Gasteiger partial charge in [-0.25, -0.2) is 0 Å². The van der Waals surface area contributed by atoms with Crippen molar-refractivity contribution in [2.75, 3.05) is 18.5 Å². The highest BCUT2D eigenvalue weighted by Gasteiger charge is 2.26. The molecule has 1 aliphatic heterocycles. The van der Waals surface area contributed by atoms with Crippen molar-refractivity contribution >= 4 is 34.7 Å². The van der Waals surface area contributed by atoms with Gasteiger partial charge in [-0.2, -0.15) is 0 Å². The molecule has 33 heavy (non-hydrogen) atoms. The minimum Gasteiger partial charge on any atom is -0.486 e. The number of hydrogen-bond acceptors (Lipinski definition) is 7. The van der Waals surface area contributed by atoms with Crippen LogP contribution in [0.2, 0.25) is 0 Å². The molecule has 2 aromatic heterocycles. The number of amides is 1. The Bertz CT molecular complexity index is 1090. The largest absolute Gasteiger partial charge is 0.486 e. The zero-order valence-electron chi connectivity index (χ0n) is 18.7. The Kier molecular flexibility index (Phi) is 6.87. The van der Waals surface area contributed by atoms with Crippen LogP contribution in [-0.4, -0.2) is 39.1 Å². The third kappa shape index (κ3) is 5.19. The fourth-order valence-corrected chi connectivity index (χ4v) is 6.00. The summed E-state index contributed by atoms with van der Waals surface area (Å²) >= 11 is 3.22. The second kappa shape index (κ2) is 10.2. The van der Waals surface area contributed by atoms with Gasteiger partial charge in [0.05, 0.1) is 5.25 Å². The van der Waals surface area contributed by atoms with Crippen LogP contribution in [0.5, 0.6) is 11.5 Å². The molecule has 2 aliphatic rings. The summed E-state index contributed by atoms with van der Waals surface area (Å²) in [5.74, 6) is 2.29. The van der Waals surface area contributed by atoms with Crippen LogP contribution in [-0.2, 0) is 11.2 Å². The third-order valence-corrected chi connectivity index (χ3v) is 7.98. The first-order valence-electron chi connectivity index (χ1n) is 11.5. The molecule has 9 heteroatoms. The molecule has 3 aromatic rings. The van der Waals surface area contributed by atoms with E-state index in [2.05, 4.69) is 37.6 Å². The first kappa shape index (κ1) is 22.3. The summed E-state index contributed by atoms with van der Waals surface area (Å²) in [5, 5.41) is 14.7. The molecule has 0 bridgehead atoms. The van der Waals surface area contributed by atoms with Crippen molar-refractivity contribution in [3.63, 3.8) is 0 Å². The first-order chi connectivity index (χ1) is 16.2. The van der Waals surface area contributed by atoms with Crippen molar-refractivity contribution in [3.05, 3.63) is 46.4 Å². The number of fused-ring (bicyclic) bond motifs is 1. The molecule has 1 aliphatic carbocycles. The summed E-state index contributed by atoms with van der Waals surface area (Å²) in [5.41, 5.74) is 0.698. The lowest BCUT2D eigenvalue weighted by molar-refractivity contribution is -0.115. The van der Waals surface area contributed by atoms with Gasteiger partial charge in [-0.15, -0.1) is 21.5 Å². The van der Waals surface area contributed by atoms with Crippen LogP contribution in [0.15, 0.2) is 40.9 Å². The van der Waals surface area contributed by atoms with Gasteiger partial charge in [-0.05, 0) is 43.3 Å². The molecule has 7 nitrogen and oxygen atoms in total. The summed E-state index contributed by atoms with van der Waals surface area (Å²) in [6, 6.07) is 10.1. The molecular formula is C24H28N4O3S2. The van der Waals surface area contributed by atoms with Crippen LogP contribution >= 0.6 is 23.1 Å². The van der Waals surface area contributed by atoms with Crippen LogP contribution in [0, 0.1) is 0 Å². The maximum Gasteiger partial charge on any atom is 0.237 e. The summed E-state index contributed by atoms with van der Waals surface area (Å²) < 4.78 is 13.5. The van der Waals surface area contributed by atoms with E-state index in [9.17, 15) is 4.79 Å². The van der Waals surface area contributed by atoms with Gasteiger partial charge < -0.3 is 19.4 Å². The van der Waals surface area contributed by atoms with Crippen molar-refractivity contribution < 1.29 is 14.3 Å². The molecule has 174 valence electrons. The second-order valence-corrected chi connectivity index (χ2v) is 10.8. The normalized spacial score (nSPS) is 17.0. The van der Waals surface area contributed by atoms with Gasteiger partial charge in [0.15, 0.2) is 16.7 Å². The molecule has 3 heterocycles. The lowest BCUT2D eigenvalue weighted by Crippen LogP contribution is -2.24. The molecule has 0 spiro atoms. The van der Waals surface area contributed by atoms with Gasteiger partial charge in [-0.3, -0.25) is 4.79 Å². The van der Waals surface area contributed by atoms with Gasteiger partial charge in [0.1, 0.15) is 19.0 Å². The quantitative estimate of drug-likeness (QED) is 0.457. The van der Waals surface area contributed by atoms with Gasteiger partial charge >= 0.3 is 0 Å². The molecular weight excluding hydrogens is 456 g/mol. The van der Waals surface area contributed by atoms with E-state index in [0.29, 0.717) is 36.4 Å². The Balaban J connectivity index is 1.31. The number of thiophene rings is 1. The highest BCUT2D eigenvalue weighted by atomic mass is 32.2. The topological polar surface area (TPSA) is 78.3 Å². The highest BCUT2D eigenvalue weighted by molar-refractivity contribution is 8.00. The van der Waals surface area contributed by atoms with Crippen LogP contribution in [0.4, 0.5) is 5.69 Å². The molecule has 1 aromatic carbocycles. The van der Waals surface area contributed by atoms with Crippen LogP contribution in [0.25, 0.3) is 0 Å². The fraction of sp³-hybridized carbons (Fsp3) is 0.458. The zero-order chi connectivity index (χ0) is 22.6. The Hall–Kier alpha value is -2.52. The monoisotopic (exact) mass is 484 g/mol. The van der Waals surface area contributed by atoms with Crippen molar-refractivity contribution in [1.29, 1.82) is 0 Å². The van der Waals surface area contributed by atoms with E-state index >= 15 is 0 Å². The van der Waals surface area contributed by atoms with E-state index in [1.165, 1.54) is 35.9 Å². The van der Waals surface area contributed by atoms with Crippen LogP contribution in [0.3, 0.4) is 0 Å². The Morgan fingerprint density at radius 2 is 2.00 bits per heavy atom. The maximum absolute atomic E-state index is 13.0. The average Bonchev–Trinajstić information content (AvgIpc) is 3.50. The number of ether oxygens (including phenoxy) is 2. The SMILES string of the molecule is C[C@H](Sc1nnc(Cc2cccs2)n1C1CCCCC1)C(=O)Nc1ccc2c(c1)OCCO2. The molecule has 0 unspecified atom stereocenters. The highest BCUT2D eigenvalue weighted by Crippen LogP contribution is 2.36. The van der Waals surface area contributed by atoms with E-state index in [0.717, 1.165) is 30.2 Å². The molecule has 1 N–H and O–H groups in total. The predicted molar refractivity (Wildman–Crippen MR) is 131 cm³/mol. The summed E-state index contributed by atoms with van der Waals surface area (Å²) in [6.45, 7) is 2.97. The second-order valence-electron chi connectivity index (χ2n) is 8.42. The van der Waals surface area contributed by atoms with E-state index in [1.54, 1.807) is 11.3 Å². The van der Waals surface area contributed by atoms with Crippen molar-refractivity contribution in [2.24, 2.45) is 0 Å². The minimum atomic E-state index is -0.320. The van der Waals surface area contributed by atoms with Crippen LogP contribution in [0.1, 0.15) is 55.8 Å². The number of nitrogens with one attached hydrogen (secondary N) is 1. The lowest BCUT2D eigenvalue weighted by Gasteiger charge is -2.26. The Morgan fingerprint density at radius 3 is 2.79 bits per heavy atom. The Morgan fingerprint density at radius 1 is 1.18 bits per heavy atom. The standard InChI is InChI=1S/C24H28N4O3S2/c1-16(23(29)25-17-9-10-20-21(14-17)31-12-11-30-20)33-24-27-26-22(15-19-8-5-13-32-19)28(24)18-6-3-2-4-7-18/h5,8-10,13-14,16,18H,2-4,6-7,11-12,15H2,1H3,(H,25,29)/t16-/m0/s1. The van der Waals surface area contributed by atoms with E-state index in [4.69, 9.17) is 9.47 Å². The summed E-state index contributed by atoms with van der Waals surface area (Å²) in [6.07, 6.45) is 6.80. The molecule has 1 fully saturated rings. The van der Waals surface area contributed by atoms with Gasteiger partial charge in [0.2, 0.25) is 5.91 Å². The molecule has 0 radical (unpaired) electrons. The third-order valence-electron chi connectivity index (χ3n) is 6.05. The fourth-order valence-electron chi connectivity index (χ4n) is 4.36. The van der Waals surface area contributed by atoms with E-state index in [-0.39, 0.29) is 11.2 Å². The molecule has 5 rings (SSSR count). The number of nitrogens with zero attached hydrogens (tertiary/aromatic N) is 3. The number of thioether (sulfide) groups is 1. The van der Waals surface area contributed by atoms with Gasteiger partial charge in [-0.1, -0.05) is 37.1 Å². The maximum atomic E-state index is 13.0. The number of carbonyl (C=O) groups is 1. The van der Waals surface area contributed by atoms with E-state index < -0.39 is 0 Å². The number of carbonyl (C=O) groups excluding carboxylic acids is 1. The lowest BCUT2D eigenvalue weighted by atomic mass is 9.95. The minimum absolute atomic E-state index is 0.0744. The number of hydrogen-bond donors (Lipinski definition) is 1. The first-order valence-corrected chi connectivity index (χ1v) is 13.3. The van der Waals surface area contributed by atoms with Crippen molar-refractivity contribution in [1.82, 2.24) is 14.8 Å².